The minimum atomic E-state index is -0.224. The highest BCUT2D eigenvalue weighted by Gasteiger charge is 2.32. The van der Waals surface area contributed by atoms with E-state index in [0.29, 0.717) is 17.6 Å². The average molecular weight is 536 g/mol. The van der Waals surface area contributed by atoms with Gasteiger partial charge >= 0.3 is 0 Å². The van der Waals surface area contributed by atoms with E-state index in [1.54, 1.807) is 11.3 Å². The number of hydrogen-bond acceptors (Lipinski definition) is 5. The summed E-state index contributed by atoms with van der Waals surface area (Å²) in [5.41, 5.74) is 2.44. The Morgan fingerprint density at radius 1 is 1.11 bits per heavy atom. The van der Waals surface area contributed by atoms with E-state index in [2.05, 4.69) is 53.1 Å². The van der Waals surface area contributed by atoms with Gasteiger partial charge in [0.1, 0.15) is 5.82 Å². The summed E-state index contributed by atoms with van der Waals surface area (Å²) in [7, 11) is 0. The Kier molecular flexibility index (Phi) is 8.48. The van der Waals surface area contributed by atoms with Crippen molar-refractivity contribution >= 4 is 34.2 Å². The first kappa shape index (κ1) is 26.9. The van der Waals surface area contributed by atoms with Crippen LogP contribution >= 0.6 is 11.3 Å². The minimum absolute atomic E-state index is 0.00329. The summed E-state index contributed by atoms with van der Waals surface area (Å²) in [6.45, 7) is 10.6. The number of thiophene rings is 1. The van der Waals surface area contributed by atoms with Crippen molar-refractivity contribution in [2.24, 2.45) is 5.92 Å². The van der Waals surface area contributed by atoms with E-state index in [-0.39, 0.29) is 18.4 Å². The molecular formula is C30H41N5O2S. The van der Waals surface area contributed by atoms with Gasteiger partial charge in [0.2, 0.25) is 5.91 Å². The molecule has 5 rings (SSSR count). The molecule has 0 radical (unpaired) electrons. The molecule has 0 saturated carbocycles. The van der Waals surface area contributed by atoms with Gasteiger partial charge in [-0.1, -0.05) is 26.8 Å². The maximum absolute atomic E-state index is 13.0. The van der Waals surface area contributed by atoms with Crippen LogP contribution in [-0.2, 0) is 11.2 Å². The topological polar surface area (TPSA) is 70.5 Å². The normalized spacial score (nSPS) is 19.1. The first-order valence-corrected chi connectivity index (χ1v) is 15.2. The number of carbonyl (C=O) groups is 2. The minimum Gasteiger partial charge on any atom is -0.343 e. The summed E-state index contributed by atoms with van der Waals surface area (Å²) in [6.07, 6.45) is 6.35. The summed E-state index contributed by atoms with van der Waals surface area (Å²) in [5.74, 6) is 1.62. The fourth-order valence-corrected chi connectivity index (χ4v) is 6.78. The van der Waals surface area contributed by atoms with Crippen LogP contribution in [0.25, 0.3) is 11.0 Å². The molecule has 7 nitrogen and oxygen atoms in total. The molecule has 2 fully saturated rings. The van der Waals surface area contributed by atoms with Crippen molar-refractivity contribution < 1.29 is 9.59 Å². The summed E-state index contributed by atoms with van der Waals surface area (Å²) < 4.78 is 2.35. The van der Waals surface area contributed by atoms with E-state index in [4.69, 9.17) is 4.98 Å². The lowest BCUT2D eigenvalue weighted by atomic mass is 9.98. The van der Waals surface area contributed by atoms with Crippen LogP contribution in [0.1, 0.15) is 80.0 Å². The molecule has 0 aliphatic carbocycles. The molecule has 3 aromatic rings. The Bertz CT molecular complexity index is 1240. The van der Waals surface area contributed by atoms with Gasteiger partial charge in [0.05, 0.1) is 17.6 Å². The number of amides is 2. The van der Waals surface area contributed by atoms with E-state index in [9.17, 15) is 9.59 Å². The molecule has 1 atom stereocenters. The quantitative estimate of drug-likeness (QED) is 0.413. The summed E-state index contributed by atoms with van der Waals surface area (Å²) >= 11 is 1.74. The second kappa shape index (κ2) is 12.0. The summed E-state index contributed by atoms with van der Waals surface area (Å²) in [5, 5.41) is 4.96. The summed E-state index contributed by atoms with van der Waals surface area (Å²) in [6, 6.07) is 10.8. The molecular weight excluding hydrogens is 494 g/mol. The van der Waals surface area contributed by atoms with Gasteiger partial charge in [0.15, 0.2) is 0 Å². The van der Waals surface area contributed by atoms with Crippen molar-refractivity contribution in [3.63, 3.8) is 0 Å². The van der Waals surface area contributed by atoms with E-state index < -0.39 is 0 Å². The molecule has 204 valence electrons. The van der Waals surface area contributed by atoms with E-state index in [0.717, 1.165) is 74.6 Å². The zero-order valence-electron chi connectivity index (χ0n) is 23.0. The van der Waals surface area contributed by atoms with Gasteiger partial charge in [-0.2, -0.15) is 0 Å². The Balaban J connectivity index is 1.23. The van der Waals surface area contributed by atoms with Crippen LogP contribution in [0.3, 0.4) is 0 Å². The van der Waals surface area contributed by atoms with Gasteiger partial charge in [-0.3, -0.25) is 14.5 Å². The third kappa shape index (κ3) is 5.81. The van der Waals surface area contributed by atoms with E-state index in [1.807, 2.05) is 23.1 Å². The molecule has 2 aliphatic rings. The van der Waals surface area contributed by atoms with Crippen LogP contribution in [0.4, 0.5) is 0 Å². The molecule has 2 saturated heterocycles. The number of benzene rings is 1. The lowest BCUT2D eigenvalue weighted by Gasteiger charge is -2.34. The first-order chi connectivity index (χ1) is 18.5. The molecule has 0 bridgehead atoms. The molecule has 4 heterocycles. The third-order valence-electron chi connectivity index (χ3n) is 8.50. The molecule has 2 amide bonds. The zero-order chi connectivity index (χ0) is 26.6. The van der Waals surface area contributed by atoms with Crippen LogP contribution in [0.5, 0.6) is 0 Å². The second-order valence-corrected chi connectivity index (χ2v) is 12.0. The number of rotatable bonds is 9. The van der Waals surface area contributed by atoms with E-state index in [1.165, 1.54) is 17.7 Å². The molecule has 1 aromatic carbocycles. The zero-order valence-corrected chi connectivity index (χ0v) is 23.8. The standard InChI is InChI=1S/C30H41N5O2S/c1-4-23(5-2)35-27-9-8-22(17-26(27)32-28(35)18-25-7-6-16-38-25)30(37)31-19-29(36)34-15-12-24(20-34)33-13-10-21(3)11-14-33/h6-9,16-17,21,23-24H,4-5,10-15,18-20H2,1-3H3,(H,31,37). The number of aromatic nitrogens is 2. The third-order valence-corrected chi connectivity index (χ3v) is 9.37. The number of likely N-dealkylation sites (tertiary alicyclic amines) is 2. The predicted molar refractivity (Wildman–Crippen MR) is 154 cm³/mol. The van der Waals surface area contributed by atoms with Gasteiger partial charge < -0.3 is 14.8 Å². The molecule has 2 aliphatic heterocycles. The van der Waals surface area contributed by atoms with E-state index >= 15 is 0 Å². The Morgan fingerprint density at radius 3 is 2.61 bits per heavy atom. The van der Waals surface area contributed by atoms with Crippen molar-refractivity contribution in [1.82, 2.24) is 24.7 Å². The number of imidazole rings is 1. The van der Waals surface area contributed by atoms with Crippen molar-refractivity contribution in [2.45, 2.75) is 71.4 Å². The van der Waals surface area contributed by atoms with Crippen molar-refractivity contribution in [2.75, 3.05) is 32.7 Å². The number of carbonyl (C=O) groups excluding carboxylic acids is 2. The molecule has 1 unspecified atom stereocenters. The van der Waals surface area contributed by atoms with Crippen molar-refractivity contribution in [1.29, 1.82) is 0 Å². The fourth-order valence-electron chi connectivity index (χ4n) is 6.07. The monoisotopic (exact) mass is 535 g/mol. The molecule has 38 heavy (non-hydrogen) atoms. The molecule has 2 aromatic heterocycles. The SMILES string of the molecule is CCC(CC)n1c(Cc2cccs2)nc2cc(C(=O)NCC(=O)N3CCC(N4CCC(C)CC4)C3)ccc21. The molecule has 0 spiro atoms. The highest BCUT2D eigenvalue weighted by Crippen LogP contribution is 2.28. The number of nitrogens with one attached hydrogen (secondary N) is 1. The highest BCUT2D eigenvalue weighted by atomic mass is 32.1. The van der Waals surface area contributed by atoms with Gasteiger partial charge in [0, 0.05) is 42.0 Å². The second-order valence-electron chi connectivity index (χ2n) is 11.0. The van der Waals surface area contributed by atoms with Gasteiger partial charge in [-0.05, 0) is 80.8 Å². The number of nitrogens with zero attached hydrogens (tertiary/aromatic N) is 4. The average Bonchev–Trinajstić information content (AvgIpc) is 3.69. The predicted octanol–water partition coefficient (Wildman–Crippen LogP) is 5.11. The summed E-state index contributed by atoms with van der Waals surface area (Å²) in [4.78, 5) is 36.6. The highest BCUT2D eigenvalue weighted by molar-refractivity contribution is 7.09. The lowest BCUT2D eigenvalue weighted by molar-refractivity contribution is -0.129. The van der Waals surface area contributed by atoms with Crippen LogP contribution in [-0.4, -0.2) is 69.9 Å². The van der Waals surface area contributed by atoms with Gasteiger partial charge in [-0.25, -0.2) is 4.98 Å². The Labute approximate surface area is 230 Å². The Morgan fingerprint density at radius 2 is 1.89 bits per heavy atom. The fraction of sp³-hybridized carbons (Fsp3) is 0.567. The van der Waals surface area contributed by atoms with Gasteiger partial charge in [-0.15, -0.1) is 11.3 Å². The maximum Gasteiger partial charge on any atom is 0.251 e. The molecule has 8 heteroatoms. The van der Waals surface area contributed by atoms with Crippen molar-refractivity contribution in [3.05, 3.63) is 52.0 Å². The largest absolute Gasteiger partial charge is 0.343 e. The Hall–Kier alpha value is -2.71. The number of piperidine rings is 1. The van der Waals surface area contributed by atoms with Crippen LogP contribution < -0.4 is 5.32 Å². The van der Waals surface area contributed by atoms with Crippen LogP contribution in [0.2, 0.25) is 0 Å². The van der Waals surface area contributed by atoms with Gasteiger partial charge in [0.25, 0.3) is 5.91 Å². The first-order valence-electron chi connectivity index (χ1n) is 14.3. The number of fused-ring (bicyclic) bond motifs is 1. The van der Waals surface area contributed by atoms with Crippen LogP contribution in [0.15, 0.2) is 35.7 Å². The lowest BCUT2D eigenvalue weighted by Crippen LogP contribution is -2.44. The smallest absolute Gasteiger partial charge is 0.251 e. The molecule has 1 N–H and O–H groups in total. The maximum atomic E-state index is 13.0. The van der Waals surface area contributed by atoms with Crippen molar-refractivity contribution in [3.8, 4) is 0 Å². The van der Waals surface area contributed by atoms with Crippen LogP contribution in [0, 0.1) is 5.92 Å². The number of hydrogen-bond donors (Lipinski definition) is 1.